The van der Waals surface area contributed by atoms with Crippen molar-refractivity contribution in [1.29, 1.82) is 0 Å². The van der Waals surface area contributed by atoms with Crippen LogP contribution >= 0.6 is 0 Å². The molecule has 0 atom stereocenters. The summed E-state index contributed by atoms with van der Waals surface area (Å²) in [5, 5.41) is 4.86. The lowest BCUT2D eigenvalue weighted by atomic mass is 10.1. The zero-order valence-electron chi connectivity index (χ0n) is 12.0. The Morgan fingerprint density at radius 1 is 0.591 bits per heavy atom. The van der Waals surface area contributed by atoms with Gasteiger partial charge in [0.15, 0.2) is 0 Å². The predicted octanol–water partition coefficient (Wildman–Crippen LogP) is 5.19. The van der Waals surface area contributed by atoms with Crippen LogP contribution in [0.5, 0.6) is 0 Å². The molecule has 0 N–H and O–H groups in total. The van der Waals surface area contributed by atoms with E-state index in [2.05, 4.69) is 84.6 Å². The second-order valence-electron chi connectivity index (χ2n) is 5.30. The highest BCUT2D eigenvalue weighted by Gasteiger charge is 1.95. The lowest BCUT2D eigenvalue weighted by Gasteiger charge is -1.98. The first-order valence-electron chi connectivity index (χ1n) is 7.29. The third-order valence-electron chi connectivity index (χ3n) is 3.79. The molecule has 0 aliphatic rings. The average molecular weight is 277 g/mol. The van der Waals surface area contributed by atoms with E-state index in [1.165, 1.54) is 21.5 Å². The van der Waals surface area contributed by atoms with Gasteiger partial charge in [0.25, 0.3) is 0 Å². The largest absolute Gasteiger partial charge is 0.0616 e. The topological polar surface area (TPSA) is 0 Å². The van der Waals surface area contributed by atoms with Crippen molar-refractivity contribution in [1.82, 2.24) is 0 Å². The first-order chi connectivity index (χ1) is 10.9. The minimum Gasteiger partial charge on any atom is -0.0616 e. The summed E-state index contributed by atoms with van der Waals surface area (Å²) in [5.74, 6) is 6.52. The Labute approximate surface area is 130 Å². The maximum absolute atomic E-state index is 3.26. The van der Waals surface area contributed by atoms with Crippen LogP contribution in [0.15, 0.2) is 78.9 Å². The van der Waals surface area contributed by atoms with Gasteiger partial charge >= 0.3 is 0 Å². The van der Waals surface area contributed by atoms with E-state index < -0.39 is 0 Å². The van der Waals surface area contributed by atoms with Crippen LogP contribution in [0.1, 0.15) is 11.1 Å². The van der Waals surface area contributed by atoms with Gasteiger partial charge in [-0.05, 0) is 57.9 Å². The fourth-order valence-corrected chi connectivity index (χ4v) is 2.62. The molecule has 0 unspecified atom stereocenters. The number of fused-ring (bicyclic) bond motifs is 2. The molecule has 0 amide bonds. The van der Waals surface area contributed by atoms with E-state index in [1.54, 1.807) is 0 Å². The molecule has 22 heavy (non-hydrogen) atoms. The fraction of sp³-hybridized carbons (Fsp3) is 0. The standard InChI is InChI=1S/C22H13/c1-3-7-21-15-17(11-13-19(21)5-1)9-10-18-12-14-20-6-2-4-8-22(20)16-18/h1,3-8,11-16H. The number of hydrogen-bond donors (Lipinski definition) is 0. The highest BCUT2D eigenvalue weighted by molar-refractivity contribution is 5.85. The van der Waals surface area contributed by atoms with Gasteiger partial charge in [-0.2, -0.15) is 0 Å². The van der Waals surface area contributed by atoms with Crippen molar-refractivity contribution in [3.8, 4) is 11.8 Å². The van der Waals surface area contributed by atoms with Crippen molar-refractivity contribution in [2.45, 2.75) is 0 Å². The summed E-state index contributed by atoms with van der Waals surface area (Å²) in [6.07, 6.45) is 0. The van der Waals surface area contributed by atoms with Gasteiger partial charge in [-0.25, -0.2) is 0 Å². The van der Waals surface area contributed by atoms with Crippen LogP contribution in [0.2, 0.25) is 0 Å². The van der Waals surface area contributed by atoms with Gasteiger partial charge in [-0.3, -0.25) is 0 Å². The van der Waals surface area contributed by atoms with Crippen LogP contribution in [-0.2, 0) is 0 Å². The van der Waals surface area contributed by atoms with E-state index in [1.807, 2.05) is 12.1 Å². The third-order valence-corrected chi connectivity index (χ3v) is 3.79. The van der Waals surface area contributed by atoms with Crippen LogP contribution in [0.3, 0.4) is 0 Å². The molecule has 4 aromatic rings. The molecule has 4 rings (SSSR count). The van der Waals surface area contributed by atoms with Gasteiger partial charge in [0, 0.05) is 11.1 Å². The molecule has 0 nitrogen and oxygen atoms in total. The Hall–Kier alpha value is -3.04. The summed E-state index contributed by atoms with van der Waals surface area (Å²) in [7, 11) is 0. The van der Waals surface area contributed by atoms with Gasteiger partial charge < -0.3 is 0 Å². The first-order valence-corrected chi connectivity index (χ1v) is 7.29. The number of benzene rings is 4. The molecular weight excluding hydrogens is 264 g/mol. The molecule has 101 valence electrons. The molecule has 1 radical (unpaired) electrons. The van der Waals surface area contributed by atoms with Gasteiger partial charge in [0.2, 0.25) is 0 Å². The Morgan fingerprint density at radius 3 is 2.00 bits per heavy atom. The Kier molecular flexibility index (Phi) is 3.11. The third kappa shape index (κ3) is 2.45. The molecule has 0 aromatic heterocycles. The lowest BCUT2D eigenvalue weighted by Crippen LogP contribution is -1.79. The smallest absolute Gasteiger partial charge is 0.0255 e. The number of rotatable bonds is 0. The summed E-state index contributed by atoms with van der Waals surface area (Å²) in [6, 6.07) is 30.0. The quantitative estimate of drug-likeness (QED) is 0.388. The molecule has 0 saturated carbocycles. The highest BCUT2D eigenvalue weighted by Crippen LogP contribution is 2.16. The molecule has 0 heteroatoms. The maximum Gasteiger partial charge on any atom is 0.0255 e. The lowest BCUT2D eigenvalue weighted by molar-refractivity contribution is 1.67. The second-order valence-corrected chi connectivity index (χ2v) is 5.30. The molecule has 0 bridgehead atoms. The molecule has 0 aliphatic carbocycles. The van der Waals surface area contributed by atoms with E-state index in [9.17, 15) is 0 Å². The van der Waals surface area contributed by atoms with Crippen molar-refractivity contribution < 1.29 is 0 Å². The first kappa shape index (κ1) is 12.7. The molecule has 0 aliphatic heterocycles. The zero-order valence-corrected chi connectivity index (χ0v) is 12.0. The highest BCUT2D eigenvalue weighted by atomic mass is 14.0. The van der Waals surface area contributed by atoms with Crippen LogP contribution in [0.4, 0.5) is 0 Å². The zero-order chi connectivity index (χ0) is 14.8. The number of hydrogen-bond acceptors (Lipinski definition) is 0. The van der Waals surface area contributed by atoms with E-state index >= 15 is 0 Å². The Bertz CT molecular complexity index is 946. The van der Waals surface area contributed by atoms with Crippen LogP contribution in [0, 0.1) is 17.9 Å². The molecular formula is C22H13. The van der Waals surface area contributed by atoms with Crippen LogP contribution in [0.25, 0.3) is 21.5 Å². The summed E-state index contributed by atoms with van der Waals surface area (Å²) in [6.45, 7) is 0. The van der Waals surface area contributed by atoms with Gasteiger partial charge in [-0.1, -0.05) is 60.4 Å². The Morgan fingerprint density at radius 2 is 1.23 bits per heavy atom. The summed E-state index contributed by atoms with van der Waals surface area (Å²) >= 11 is 0. The van der Waals surface area contributed by atoms with E-state index in [0.717, 1.165) is 11.1 Å². The van der Waals surface area contributed by atoms with Gasteiger partial charge in [0.1, 0.15) is 0 Å². The maximum atomic E-state index is 3.26. The van der Waals surface area contributed by atoms with Crippen molar-refractivity contribution >= 4 is 21.5 Å². The normalized spacial score (nSPS) is 10.4. The monoisotopic (exact) mass is 277 g/mol. The SMILES string of the molecule is C(#Cc1ccc2ccccc2c1)c1ccc2c[c]ccc2c1. The van der Waals surface area contributed by atoms with E-state index in [0.29, 0.717) is 0 Å². The van der Waals surface area contributed by atoms with Crippen molar-refractivity contribution in [3.63, 3.8) is 0 Å². The molecule has 0 saturated heterocycles. The summed E-state index contributed by atoms with van der Waals surface area (Å²) in [4.78, 5) is 0. The molecule has 0 fully saturated rings. The molecule has 0 heterocycles. The predicted molar refractivity (Wildman–Crippen MR) is 92.7 cm³/mol. The van der Waals surface area contributed by atoms with Crippen molar-refractivity contribution in [2.24, 2.45) is 0 Å². The Balaban J connectivity index is 1.73. The minimum atomic E-state index is 1.03. The minimum absolute atomic E-state index is 1.03. The van der Waals surface area contributed by atoms with E-state index in [-0.39, 0.29) is 0 Å². The second kappa shape index (κ2) is 5.39. The summed E-state index contributed by atoms with van der Waals surface area (Å²) < 4.78 is 0. The van der Waals surface area contributed by atoms with Crippen molar-refractivity contribution in [3.05, 3.63) is 96.1 Å². The van der Waals surface area contributed by atoms with Gasteiger partial charge in [-0.15, -0.1) is 0 Å². The molecule has 0 spiro atoms. The average Bonchev–Trinajstić information content (AvgIpc) is 2.59. The summed E-state index contributed by atoms with van der Waals surface area (Å²) in [5.41, 5.74) is 2.08. The fourth-order valence-electron chi connectivity index (χ4n) is 2.62. The molecule has 4 aromatic carbocycles. The van der Waals surface area contributed by atoms with Crippen LogP contribution in [-0.4, -0.2) is 0 Å². The van der Waals surface area contributed by atoms with E-state index in [4.69, 9.17) is 0 Å². The van der Waals surface area contributed by atoms with Crippen LogP contribution < -0.4 is 0 Å². The van der Waals surface area contributed by atoms with Gasteiger partial charge in [0.05, 0.1) is 0 Å². The van der Waals surface area contributed by atoms with Crippen molar-refractivity contribution in [2.75, 3.05) is 0 Å².